The Labute approximate surface area is 134 Å². The number of nitrogens with two attached hydrogens (primary N) is 1. The molecule has 1 saturated carbocycles. The third-order valence-electron chi connectivity index (χ3n) is 5.08. The van der Waals surface area contributed by atoms with Gasteiger partial charge in [-0.05, 0) is 31.6 Å². The molecule has 2 fully saturated rings. The molecule has 22 heavy (non-hydrogen) atoms. The Hall–Kier alpha value is -1.10. The highest BCUT2D eigenvalue weighted by molar-refractivity contribution is 5.85. The lowest BCUT2D eigenvalue weighted by Crippen LogP contribution is -2.50. The van der Waals surface area contributed by atoms with Crippen LogP contribution < -0.4 is 11.1 Å². The van der Waals surface area contributed by atoms with Crippen molar-refractivity contribution in [2.45, 2.75) is 70.3 Å². The molecule has 1 unspecified atom stereocenters. The monoisotopic (exact) mass is 309 g/mol. The third-order valence-corrected chi connectivity index (χ3v) is 5.08. The van der Waals surface area contributed by atoms with Crippen molar-refractivity contribution in [1.82, 2.24) is 10.2 Å². The van der Waals surface area contributed by atoms with Gasteiger partial charge < -0.3 is 16.0 Å². The highest BCUT2D eigenvalue weighted by Crippen LogP contribution is 2.26. The molecule has 0 bridgehead atoms. The molecule has 126 valence electrons. The Bertz CT molecular complexity index is 367. The molecule has 2 rings (SSSR count). The molecule has 3 N–H and O–H groups in total. The molecule has 0 spiro atoms. The van der Waals surface area contributed by atoms with E-state index >= 15 is 0 Å². The van der Waals surface area contributed by atoms with E-state index in [1.165, 1.54) is 19.3 Å². The molecule has 2 amide bonds. The van der Waals surface area contributed by atoms with Crippen molar-refractivity contribution in [2.24, 2.45) is 11.7 Å². The zero-order valence-electron chi connectivity index (χ0n) is 13.7. The first-order valence-corrected chi connectivity index (χ1v) is 8.98. The van der Waals surface area contributed by atoms with Crippen molar-refractivity contribution in [3.8, 4) is 0 Å². The Balaban J connectivity index is 1.82. The average molecular weight is 309 g/mol. The zero-order valence-corrected chi connectivity index (χ0v) is 13.7. The van der Waals surface area contributed by atoms with Crippen LogP contribution in [0.1, 0.15) is 64.2 Å². The van der Waals surface area contributed by atoms with Gasteiger partial charge in [0, 0.05) is 25.6 Å². The number of carbonyl (C=O) groups is 2. The molecule has 0 aromatic heterocycles. The summed E-state index contributed by atoms with van der Waals surface area (Å²) in [6, 6.07) is 0.0673. The second-order valence-electron chi connectivity index (χ2n) is 6.79. The van der Waals surface area contributed by atoms with Gasteiger partial charge in [-0.15, -0.1) is 0 Å². The minimum absolute atomic E-state index is 0.0463. The van der Waals surface area contributed by atoms with Crippen LogP contribution >= 0.6 is 0 Å². The number of nitrogens with zero attached hydrogens (tertiary/aromatic N) is 1. The van der Waals surface area contributed by atoms with E-state index < -0.39 is 0 Å². The van der Waals surface area contributed by atoms with Crippen molar-refractivity contribution >= 4 is 11.8 Å². The quantitative estimate of drug-likeness (QED) is 0.813. The van der Waals surface area contributed by atoms with E-state index in [1.807, 2.05) is 0 Å². The van der Waals surface area contributed by atoms with E-state index in [4.69, 9.17) is 5.73 Å². The molecule has 2 aliphatic rings. The van der Waals surface area contributed by atoms with Gasteiger partial charge in [0.25, 0.3) is 0 Å². The van der Waals surface area contributed by atoms with Gasteiger partial charge >= 0.3 is 0 Å². The molecule has 1 heterocycles. The van der Waals surface area contributed by atoms with Gasteiger partial charge in [0.1, 0.15) is 0 Å². The molecule has 0 radical (unpaired) electrons. The van der Waals surface area contributed by atoms with Crippen LogP contribution in [-0.2, 0) is 9.59 Å². The van der Waals surface area contributed by atoms with E-state index in [2.05, 4.69) is 5.32 Å². The molecular weight excluding hydrogens is 278 g/mol. The standard InChI is InChI=1S/C17H31N3O2/c18-12-15(14-8-4-3-5-9-14)19-16(21)13-20-11-7-2-1-6-10-17(20)22/h14-15H,1-13,18H2,(H,19,21). The summed E-state index contributed by atoms with van der Waals surface area (Å²) in [6.45, 7) is 1.40. The molecule has 1 atom stereocenters. The molecule has 0 aromatic carbocycles. The number of likely N-dealkylation sites (tertiary alicyclic amines) is 1. The summed E-state index contributed by atoms with van der Waals surface area (Å²) >= 11 is 0. The van der Waals surface area contributed by atoms with Crippen LogP contribution in [0.2, 0.25) is 0 Å². The van der Waals surface area contributed by atoms with Gasteiger partial charge in [0.2, 0.25) is 11.8 Å². The van der Waals surface area contributed by atoms with Crippen LogP contribution in [0.25, 0.3) is 0 Å². The number of hydrogen-bond donors (Lipinski definition) is 2. The first-order chi connectivity index (χ1) is 10.7. The average Bonchev–Trinajstić information content (AvgIpc) is 2.53. The fourth-order valence-corrected chi connectivity index (χ4v) is 3.71. The summed E-state index contributed by atoms with van der Waals surface area (Å²) in [5.41, 5.74) is 5.86. The largest absolute Gasteiger partial charge is 0.350 e. The summed E-state index contributed by atoms with van der Waals surface area (Å²) in [5, 5.41) is 3.08. The lowest BCUT2D eigenvalue weighted by Gasteiger charge is -2.31. The Morgan fingerprint density at radius 2 is 1.82 bits per heavy atom. The highest BCUT2D eigenvalue weighted by Gasteiger charge is 2.25. The number of rotatable bonds is 5. The molecule has 1 aliphatic carbocycles. The van der Waals surface area contributed by atoms with Crippen LogP contribution in [0.15, 0.2) is 0 Å². The maximum atomic E-state index is 12.3. The van der Waals surface area contributed by atoms with E-state index in [0.29, 0.717) is 25.4 Å². The van der Waals surface area contributed by atoms with Crippen molar-refractivity contribution in [1.29, 1.82) is 0 Å². The summed E-state index contributed by atoms with van der Waals surface area (Å²) in [4.78, 5) is 26.1. The molecule has 5 heteroatoms. The first-order valence-electron chi connectivity index (χ1n) is 8.98. The predicted octanol–water partition coefficient (Wildman–Crippen LogP) is 1.80. The Morgan fingerprint density at radius 3 is 2.55 bits per heavy atom. The summed E-state index contributed by atoms with van der Waals surface area (Å²) in [7, 11) is 0. The minimum Gasteiger partial charge on any atom is -0.350 e. The molecule has 5 nitrogen and oxygen atoms in total. The van der Waals surface area contributed by atoms with Crippen LogP contribution in [0.4, 0.5) is 0 Å². The van der Waals surface area contributed by atoms with Crippen molar-refractivity contribution < 1.29 is 9.59 Å². The second kappa shape index (κ2) is 9.13. The Kier molecular flexibility index (Phi) is 7.16. The maximum Gasteiger partial charge on any atom is 0.239 e. The topological polar surface area (TPSA) is 75.4 Å². The van der Waals surface area contributed by atoms with E-state index in [9.17, 15) is 9.59 Å². The van der Waals surface area contributed by atoms with Gasteiger partial charge in [-0.2, -0.15) is 0 Å². The first kappa shape index (κ1) is 17.3. The van der Waals surface area contributed by atoms with E-state index in [-0.39, 0.29) is 24.4 Å². The fraction of sp³-hybridized carbons (Fsp3) is 0.882. The number of nitrogens with one attached hydrogen (secondary N) is 1. The number of amides is 2. The molecule has 0 aromatic rings. The minimum atomic E-state index is -0.0463. The maximum absolute atomic E-state index is 12.3. The summed E-state index contributed by atoms with van der Waals surface area (Å²) < 4.78 is 0. The number of carbonyl (C=O) groups excluding carboxylic acids is 2. The van der Waals surface area contributed by atoms with Gasteiger partial charge in [-0.25, -0.2) is 0 Å². The Morgan fingerprint density at radius 1 is 1.14 bits per heavy atom. The van der Waals surface area contributed by atoms with Crippen LogP contribution in [0, 0.1) is 5.92 Å². The summed E-state index contributed by atoms with van der Waals surface area (Å²) in [6.07, 6.45) is 10.9. The summed E-state index contributed by atoms with van der Waals surface area (Å²) in [5.74, 6) is 0.581. The lowest BCUT2D eigenvalue weighted by atomic mass is 9.84. The van der Waals surface area contributed by atoms with Crippen LogP contribution in [-0.4, -0.2) is 42.4 Å². The van der Waals surface area contributed by atoms with Gasteiger partial charge in [-0.3, -0.25) is 9.59 Å². The predicted molar refractivity (Wildman–Crippen MR) is 87.2 cm³/mol. The molecule has 1 aliphatic heterocycles. The van der Waals surface area contributed by atoms with Gasteiger partial charge in [-0.1, -0.05) is 32.1 Å². The van der Waals surface area contributed by atoms with Crippen LogP contribution in [0.3, 0.4) is 0 Å². The lowest BCUT2D eigenvalue weighted by molar-refractivity contribution is -0.137. The van der Waals surface area contributed by atoms with Crippen LogP contribution in [0.5, 0.6) is 0 Å². The van der Waals surface area contributed by atoms with Crippen molar-refractivity contribution in [2.75, 3.05) is 19.6 Å². The highest BCUT2D eigenvalue weighted by atomic mass is 16.2. The smallest absolute Gasteiger partial charge is 0.239 e. The van der Waals surface area contributed by atoms with Crippen molar-refractivity contribution in [3.63, 3.8) is 0 Å². The van der Waals surface area contributed by atoms with Gasteiger partial charge in [0.05, 0.1) is 6.54 Å². The zero-order chi connectivity index (χ0) is 15.8. The number of hydrogen-bond acceptors (Lipinski definition) is 3. The van der Waals surface area contributed by atoms with Gasteiger partial charge in [0.15, 0.2) is 0 Å². The molecular formula is C17H31N3O2. The van der Waals surface area contributed by atoms with E-state index in [0.717, 1.165) is 38.5 Å². The fourth-order valence-electron chi connectivity index (χ4n) is 3.71. The third kappa shape index (κ3) is 5.27. The normalized spacial score (nSPS) is 22.8. The SMILES string of the molecule is NCC(NC(=O)CN1CCCCCCC1=O)C1CCCCC1. The van der Waals surface area contributed by atoms with Crippen molar-refractivity contribution in [3.05, 3.63) is 0 Å². The second-order valence-corrected chi connectivity index (χ2v) is 6.79. The molecule has 1 saturated heterocycles. The van der Waals surface area contributed by atoms with E-state index in [1.54, 1.807) is 4.90 Å².